The van der Waals surface area contributed by atoms with Crippen LogP contribution in [0.1, 0.15) is 17.2 Å². The van der Waals surface area contributed by atoms with Crippen LogP contribution in [-0.4, -0.2) is 21.3 Å². The highest BCUT2D eigenvalue weighted by atomic mass is 16.3. The quantitative estimate of drug-likeness (QED) is 0.732. The predicted octanol–water partition coefficient (Wildman–Crippen LogP) is 0.635. The number of aromatic nitrogens is 2. The molecule has 2 aromatic heterocycles. The summed E-state index contributed by atoms with van der Waals surface area (Å²) in [6, 6.07) is 3.96. The van der Waals surface area contributed by atoms with Gasteiger partial charge in [0.15, 0.2) is 0 Å². The minimum Gasteiger partial charge on any atom is -0.387 e. The van der Waals surface area contributed by atoms with Crippen molar-refractivity contribution in [1.29, 1.82) is 0 Å². The molecule has 0 aliphatic carbocycles. The van der Waals surface area contributed by atoms with Gasteiger partial charge < -0.3 is 10.8 Å². The smallest absolute Gasteiger partial charge is 0.0948 e. The molecule has 2 aromatic rings. The maximum absolute atomic E-state index is 9.63. The molecule has 0 bridgehead atoms. The summed E-state index contributed by atoms with van der Waals surface area (Å²) < 4.78 is 1.74. The fourth-order valence-corrected chi connectivity index (χ4v) is 1.49. The van der Waals surface area contributed by atoms with Crippen LogP contribution in [-0.2, 0) is 0 Å². The van der Waals surface area contributed by atoms with E-state index in [9.17, 15) is 5.11 Å². The van der Waals surface area contributed by atoms with E-state index in [0.717, 1.165) is 16.6 Å². The van der Waals surface area contributed by atoms with Crippen LogP contribution in [0.25, 0.3) is 5.52 Å². The van der Waals surface area contributed by atoms with Crippen molar-refractivity contribution in [3.63, 3.8) is 0 Å². The molecule has 1 atom stereocenters. The van der Waals surface area contributed by atoms with E-state index in [2.05, 4.69) is 5.10 Å². The van der Waals surface area contributed by atoms with Gasteiger partial charge in [-0.05, 0) is 24.6 Å². The zero-order valence-electron chi connectivity index (χ0n) is 8.01. The number of nitrogens with two attached hydrogens (primary N) is 1. The minimum atomic E-state index is -0.630. The summed E-state index contributed by atoms with van der Waals surface area (Å²) in [5.74, 6) is 0. The van der Waals surface area contributed by atoms with Crippen molar-refractivity contribution in [2.75, 3.05) is 6.54 Å². The molecule has 4 nitrogen and oxygen atoms in total. The lowest BCUT2D eigenvalue weighted by molar-refractivity contribution is 0.188. The maximum atomic E-state index is 9.63. The predicted molar refractivity (Wildman–Crippen MR) is 53.9 cm³/mol. The van der Waals surface area contributed by atoms with Crippen LogP contribution >= 0.6 is 0 Å². The van der Waals surface area contributed by atoms with Crippen molar-refractivity contribution in [3.8, 4) is 0 Å². The Morgan fingerprint density at radius 2 is 2.43 bits per heavy atom. The Hall–Kier alpha value is -1.39. The average Bonchev–Trinajstić information content (AvgIpc) is 2.59. The van der Waals surface area contributed by atoms with Crippen molar-refractivity contribution in [2.24, 2.45) is 5.73 Å². The van der Waals surface area contributed by atoms with Crippen molar-refractivity contribution in [1.82, 2.24) is 9.61 Å². The van der Waals surface area contributed by atoms with Gasteiger partial charge >= 0.3 is 0 Å². The summed E-state index contributed by atoms with van der Waals surface area (Å²) in [4.78, 5) is 0. The molecule has 0 aromatic carbocycles. The molecule has 1 unspecified atom stereocenters. The Morgan fingerprint density at radius 3 is 3.14 bits per heavy atom. The molecule has 2 rings (SSSR count). The molecular weight excluding hydrogens is 178 g/mol. The number of aliphatic hydroxyl groups excluding tert-OH is 1. The number of nitrogens with zero attached hydrogens (tertiary/aromatic N) is 2. The zero-order valence-corrected chi connectivity index (χ0v) is 8.01. The van der Waals surface area contributed by atoms with Gasteiger partial charge in [-0.1, -0.05) is 0 Å². The molecule has 4 heteroatoms. The van der Waals surface area contributed by atoms with Gasteiger partial charge in [0.05, 0.1) is 17.8 Å². The van der Waals surface area contributed by atoms with E-state index < -0.39 is 6.10 Å². The highest BCUT2D eigenvalue weighted by molar-refractivity contribution is 5.56. The third kappa shape index (κ3) is 1.38. The van der Waals surface area contributed by atoms with E-state index in [0.29, 0.717) is 0 Å². The fourth-order valence-electron chi connectivity index (χ4n) is 1.49. The molecule has 74 valence electrons. The van der Waals surface area contributed by atoms with Gasteiger partial charge in [0.25, 0.3) is 0 Å². The Morgan fingerprint density at radius 1 is 1.64 bits per heavy atom. The first-order valence-corrected chi connectivity index (χ1v) is 4.54. The summed E-state index contributed by atoms with van der Waals surface area (Å²) in [5.41, 5.74) is 8.25. The topological polar surface area (TPSA) is 63.5 Å². The lowest BCUT2D eigenvalue weighted by Gasteiger charge is -2.05. The van der Waals surface area contributed by atoms with Gasteiger partial charge in [-0.25, -0.2) is 4.52 Å². The van der Waals surface area contributed by atoms with Gasteiger partial charge in [-0.2, -0.15) is 5.10 Å². The molecule has 3 N–H and O–H groups in total. The van der Waals surface area contributed by atoms with E-state index in [1.807, 2.05) is 25.3 Å². The Kier molecular flexibility index (Phi) is 2.23. The van der Waals surface area contributed by atoms with Crippen molar-refractivity contribution in [3.05, 3.63) is 35.7 Å². The fraction of sp³-hybridized carbons (Fsp3) is 0.300. The molecule has 0 aliphatic rings. The standard InChI is InChI=1S/C10H13N3O/c1-7-2-3-13-9(4-7)8(6-12-13)10(14)5-11/h2-4,6,10,14H,5,11H2,1H3. The summed E-state index contributed by atoms with van der Waals surface area (Å²) in [6.07, 6.45) is 2.90. The van der Waals surface area contributed by atoms with Gasteiger partial charge in [-0.3, -0.25) is 0 Å². The van der Waals surface area contributed by atoms with Gasteiger partial charge in [0.2, 0.25) is 0 Å². The summed E-state index contributed by atoms with van der Waals surface area (Å²) in [7, 11) is 0. The maximum Gasteiger partial charge on any atom is 0.0948 e. The second-order valence-electron chi connectivity index (χ2n) is 3.39. The molecule has 0 radical (unpaired) electrons. The molecule has 0 saturated carbocycles. The van der Waals surface area contributed by atoms with Crippen LogP contribution in [0.15, 0.2) is 24.5 Å². The second-order valence-corrected chi connectivity index (χ2v) is 3.39. The average molecular weight is 191 g/mol. The number of rotatable bonds is 2. The van der Waals surface area contributed by atoms with E-state index in [-0.39, 0.29) is 6.54 Å². The molecule has 0 spiro atoms. The number of aryl methyl sites for hydroxylation is 1. The number of fused-ring (bicyclic) bond motifs is 1. The molecule has 14 heavy (non-hydrogen) atoms. The van der Waals surface area contributed by atoms with E-state index in [1.54, 1.807) is 10.7 Å². The highest BCUT2D eigenvalue weighted by Crippen LogP contribution is 2.18. The van der Waals surface area contributed by atoms with E-state index in [4.69, 9.17) is 5.73 Å². The summed E-state index contributed by atoms with van der Waals surface area (Å²) >= 11 is 0. The van der Waals surface area contributed by atoms with Crippen LogP contribution in [0.5, 0.6) is 0 Å². The molecule has 0 fully saturated rings. The largest absolute Gasteiger partial charge is 0.387 e. The first-order chi connectivity index (χ1) is 6.72. The molecular formula is C10H13N3O. The molecule has 0 amide bonds. The van der Waals surface area contributed by atoms with Crippen LogP contribution < -0.4 is 5.73 Å². The van der Waals surface area contributed by atoms with E-state index in [1.165, 1.54) is 0 Å². The third-order valence-corrected chi connectivity index (χ3v) is 2.29. The van der Waals surface area contributed by atoms with Crippen molar-refractivity contribution < 1.29 is 5.11 Å². The Bertz CT molecular complexity index is 450. The second kappa shape index (κ2) is 3.40. The lowest BCUT2D eigenvalue weighted by Crippen LogP contribution is -2.11. The number of hydrogen-bond donors (Lipinski definition) is 2. The molecule has 0 saturated heterocycles. The first kappa shape index (κ1) is 9.18. The summed E-state index contributed by atoms with van der Waals surface area (Å²) in [5, 5.41) is 13.8. The van der Waals surface area contributed by atoms with Crippen LogP contribution in [0.4, 0.5) is 0 Å². The van der Waals surface area contributed by atoms with Gasteiger partial charge in [0.1, 0.15) is 0 Å². The third-order valence-electron chi connectivity index (χ3n) is 2.29. The SMILES string of the molecule is Cc1ccn2ncc(C(O)CN)c2c1. The van der Waals surface area contributed by atoms with E-state index >= 15 is 0 Å². The van der Waals surface area contributed by atoms with Crippen LogP contribution in [0.3, 0.4) is 0 Å². The Balaban J connectivity index is 2.61. The number of hydrogen-bond acceptors (Lipinski definition) is 3. The minimum absolute atomic E-state index is 0.218. The number of aliphatic hydroxyl groups is 1. The van der Waals surface area contributed by atoms with Crippen LogP contribution in [0, 0.1) is 6.92 Å². The lowest BCUT2D eigenvalue weighted by atomic mass is 10.1. The number of pyridine rings is 1. The normalized spacial score (nSPS) is 13.4. The first-order valence-electron chi connectivity index (χ1n) is 4.54. The zero-order chi connectivity index (χ0) is 10.1. The summed E-state index contributed by atoms with van der Waals surface area (Å²) in [6.45, 7) is 2.22. The van der Waals surface area contributed by atoms with Gasteiger partial charge in [-0.15, -0.1) is 0 Å². The van der Waals surface area contributed by atoms with Crippen LogP contribution in [0.2, 0.25) is 0 Å². The molecule has 0 aliphatic heterocycles. The monoisotopic (exact) mass is 191 g/mol. The van der Waals surface area contributed by atoms with Crippen molar-refractivity contribution >= 4 is 5.52 Å². The van der Waals surface area contributed by atoms with Crippen molar-refractivity contribution in [2.45, 2.75) is 13.0 Å². The molecule has 2 heterocycles. The van der Waals surface area contributed by atoms with Gasteiger partial charge in [0, 0.05) is 18.3 Å². The Labute approximate surface area is 82.0 Å². The highest BCUT2D eigenvalue weighted by Gasteiger charge is 2.11.